The minimum atomic E-state index is -4.77. The Balaban J connectivity index is 4.05. The first-order chi connectivity index (χ1) is 24.3. The Bertz CT molecular complexity index is 1080. The molecule has 9 heteroatoms. The summed E-state index contributed by atoms with van der Waals surface area (Å²) in [5.41, 5.74) is 0. The zero-order valence-corrected chi connectivity index (χ0v) is 31.9. The summed E-state index contributed by atoms with van der Waals surface area (Å²) < 4.78 is 26.3. The van der Waals surface area contributed by atoms with Crippen LogP contribution in [0.1, 0.15) is 142 Å². The van der Waals surface area contributed by atoms with E-state index in [-0.39, 0.29) is 19.4 Å². The van der Waals surface area contributed by atoms with Crippen LogP contribution in [0.5, 0.6) is 0 Å². The fraction of sp³-hybridized carbons (Fsp3) is 0.610. The molecule has 0 aliphatic carbocycles. The van der Waals surface area contributed by atoms with Crippen molar-refractivity contribution in [3.8, 4) is 0 Å². The average Bonchev–Trinajstić information content (AvgIpc) is 3.08. The van der Waals surface area contributed by atoms with Gasteiger partial charge in [-0.2, -0.15) is 0 Å². The van der Waals surface area contributed by atoms with Crippen LogP contribution < -0.4 is 0 Å². The smallest absolute Gasteiger partial charge is 0.462 e. The fourth-order valence-electron chi connectivity index (χ4n) is 4.67. The van der Waals surface area contributed by atoms with Crippen molar-refractivity contribution in [3.63, 3.8) is 0 Å². The molecular weight excluding hydrogens is 651 g/mol. The summed E-state index contributed by atoms with van der Waals surface area (Å²) >= 11 is 0. The number of carbonyl (C=O) groups is 2. The van der Waals surface area contributed by atoms with Crippen LogP contribution in [0.2, 0.25) is 0 Å². The van der Waals surface area contributed by atoms with Gasteiger partial charge >= 0.3 is 19.8 Å². The lowest BCUT2D eigenvalue weighted by molar-refractivity contribution is -0.161. The van der Waals surface area contributed by atoms with Gasteiger partial charge in [0.1, 0.15) is 6.61 Å². The van der Waals surface area contributed by atoms with Gasteiger partial charge in [0.2, 0.25) is 0 Å². The summed E-state index contributed by atoms with van der Waals surface area (Å²) in [6.07, 6.45) is 47.3. The van der Waals surface area contributed by atoms with Crippen molar-refractivity contribution >= 4 is 19.8 Å². The average molecular weight is 719 g/mol. The van der Waals surface area contributed by atoms with E-state index in [4.69, 9.17) is 19.3 Å². The third-order valence-corrected chi connectivity index (χ3v) is 7.89. The Hall–Kier alpha value is -2.77. The Kier molecular flexibility index (Phi) is 34.0. The molecule has 8 nitrogen and oxygen atoms in total. The summed E-state index contributed by atoms with van der Waals surface area (Å²) in [4.78, 5) is 42.7. The van der Waals surface area contributed by atoms with Gasteiger partial charge < -0.3 is 19.3 Å². The lowest BCUT2D eigenvalue weighted by Crippen LogP contribution is -2.29. The molecule has 1 unspecified atom stereocenters. The van der Waals surface area contributed by atoms with Crippen molar-refractivity contribution in [1.82, 2.24) is 0 Å². The molecule has 284 valence electrons. The van der Waals surface area contributed by atoms with E-state index in [1.165, 1.54) is 0 Å². The van der Waals surface area contributed by atoms with Crippen molar-refractivity contribution < 1.29 is 37.9 Å². The number of allylic oxidation sites excluding steroid dienone is 14. The first kappa shape index (κ1) is 47.2. The SMILES string of the molecule is CC/C=C\C/C=C\C/C=C\C/C=C\CCCCCCCCC(=O)OC(COC(=O)CCCCC/C=C\C/C=C\C/C=C\CC)COP(=O)(O)O. The molecule has 0 aromatic rings. The van der Waals surface area contributed by atoms with E-state index >= 15 is 0 Å². The monoisotopic (exact) mass is 718 g/mol. The number of hydrogen-bond donors (Lipinski definition) is 2. The number of hydrogen-bond acceptors (Lipinski definition) is 6. The molecule has 0 amide bonds. The molecule has 50 heavy (non-hydrogen) atoms. The molecule has 0 saturated carbocycles. The number of ether oxygens (including phenoxy) is 2. The van der Waals surface area contributed by atoms with Crippen LogP contribution >= 0.6 is 7.82 Å². The summed E-state index contributed by atoms with van der Waals surface area (Å²) in [5.74, 6) is -0.946. The molecular formula is C41H67O8P. The van der Waals surface area contributed by atoms with E-state index in [0.29, 0.717) is 12.8 Å². The second kappa shape index (κ2) is 36.0. The minimum absolute atomic E-state index is 0.184. The van der Waals surface area contributed by atoms with E-state index < -0.39 is 32.5 Å². The maximum Gasteiger partial charge on any atom is 0.469 e. The zero-order chi connectivity index (χ0) is 36.8. The molecule has 0 aliphatic heterocycles. The van der Waals surface area contributed by atoms with Crippen LogP contribution in [-0.2, 0) is 28.2 Å². The molecule has 0 aromatic carbocycles. The number of esters is 2. The van der Waals surface area contributed by atoms with Gasteiger partial charge in [0.25, 0.3) is 0 Å². The van der Waals surface area contributed by atoms with Gasteiger partial charge in [-0.25, -0.2) is 4.57 Å². The third-order valence-electron chi connectivity index (χ3n) is 7.41. The maximum atomic E-state index is 12.4. The molecule has 2 N–H and O–H groups in total. The topological polar surface area (TPSA) is 119 Å². The molecule has 0 saturated heterocycles. The van der Waals surface area contributed by atoms with Crippen LogP contribution in [0.4, 0.5) is 0 Å². The largest absolute Gasteiger partial charge is 0.469 e. The van der Waals surface area contributed by atoms with Crippen LogP contribution in [0.15, 0.2) is 85.1 Å². The van der Waals surface area contributed by atoms with Crippen molar-refractivity contribution in [2.24, 2.45) is 0 Å². The standard InChI is InChI=1S/C41H67O8P/c1-3-5-7-9-11-13-15-17-18-19-20-21-22-24-26-28-30-32-34-36-41(43)49-39(38-48-50(44,45)46)37-47-40(42)35-33-31-29-27-25-23-16-14-12-10-8-6-4-2/h5-8,11-14,17-18,20-21,23,25,39H,3-4,9-10,15-16,19,22,24,26-38H2,1-2H3,(H2,44,45,46)/b7-5-,8-6-,13-11-,14-12-,18-17-,21-20-,25-23-. The van der Waals surface area contributed by atoms with Gasteiger partial charge in [-0.3, -0.25) is 14.1 Å². The highest BCUT2D eigenvalue weighted by atomic mass is 31.2. The van der Waals surface area contributed by atoms with Gasteiger partial charge in [0.05, 0.1) is 6.61 Å². The van der Waals surface area contributed by atoms with Crippen LogP contribution in [0.25, 0.3) is 0 Å². The summed E-state index contributed by atoms with van der Waals surface area (Å²) in [6.45, 7) is 3.39. The van der Waals surface area contributed by atoms with E-state index in [0.717, 1.165) is 103 Å². The van der Waals surface area contributed by atoms with Gasteiger partial charge in [-0.15, -0.1) is 0 Å². The fourth-order valence-corrected chi connectivity index (χ4v) is 5.03. The van der Waals surface area contributed by atoms with Crippen molar-refractivity contribution in [2.75, 3.05) is 13.2 Å². The quantitative estimate of drug-likeness (QED) is 0.0298. The number of phosphoric ester groups is 1. The van der Waals surface area contributed by atoms with Crippen LogP contribution in [-0.4, -0.2) is 41.0 Å². The minimum Gasteiger partial charge on any atom is -0.462 e. The molecule has 0 bridgehead atoms. The van der Waals surface area contributed by atoms with Crippen LogP contribution in [0.3, 0.4) is 0 Å². The van der Waals surface area contributed by atoms with Crippen molar-refractivity contribution in [2.45, 2.75) is 148 Å². The molecule has 0 fully saturated rings. The third kappa shape index (κ3) is 38.0. The number of phosphoric acid groups is 1. The van der Waals surface area contributed by atoms with Gasteiger partial charge in [0, 0.05) is 12.8 Å². The van der Waals surface area contributed by atoms with E-state index in [2.05, 4.69) is 103 Å². The highest BCUT2D eigenvalue weighted by molar-refractivity contribution is 7.46. The Morgan fingerprint density at radius 2 is 0.900 bits per heavy atom. The summed E-state index contributed by atoms with van der Waals surface area (Å²) in [7, 11) is -4.77. The first-order valence-electron chi connectivity index (χ1n) is 18.9. The molecule has 0 radical (unpaired) electrons. The highest BCUT2D eigenvalue weighted by Crippen LogP contribution is 2.36. The Morgan fingerprint density at radius 1 is 0.520 bits per heavy atom. The molecule has 0 rings (SSSR count). The van der Waals surface area contributed by atoms with Crippen molar-refractivity contribution in [1.29, 1.82) is 0 Å². The van der Waals surface area contributed by atoms with E-state index in [1.807, 2.05) is 0 Å². The maximum absolute atomic E-state index is 12.4. The van der Waals surface area contributed by atoms with E-state index in [9.17, 15) is 14.2 Å². The second-order valence-electron chi connectivity index (χ2n) is 12.1. The number of rotatable bonds is 33. The van der Waals surface area contributed by atoms with E-state index in [1.54, 1.807) is 0 Å². The molecule has 0 aromatic heterocycles. The van der Waals surface area contributed by atoms with Gasteiger partial charge in [-0.1, -0.05) is 131 Å². The van der Waals surface area contributed by atoms with Crippen LogP contribution in [0, 0.1) is 0 Å². The highest BCUT2D eigenvalue weighted by Gasteiger charge is 2.22. The first-order valence-corrected chi connectivity index (χ1v) is 20.4. The van der Waals surface area contributed by atoms with Crippen molar-refractivity contribution in [3.05, 3.63) is 85.1 Å². The predicted molar refractivity (Wildman–Crippen MR) is 207 cm³/mol. The number of unbranched alkanes of at least 4 members (excludes halogenated alkanes) is 9. The predicted octanol–water partition coefficient (Wildman–Crippen LogP) is 11.3. The summed E-state index contributed by atoms with van der Waals surface area (Å²) in [5, 5.41) is 0. The lowest BCUT2D eigenvalue weighted by Gasteiger charge is -2.18. The molecule has 0 heterocycles. The summed E-state index contributed by atoms with van der Waals surface area (Å²) in [6, 6.07) is 0. The lowest BCUT2D eigenvalue weighted by atomic mass is 10.1. The van der Waals surface area contributed by atoms with Gasteiger partial charge in [0.15, 0.2) is 6.10 Å². The zero-order valence-electron chi connectivity index (χ0n) is 31.0. The Labute approximate surface area is 303 Å². The van der Waals surface area contributed by atoms with Gasteiger partial charge in [-0.05, 0) is 83.5 Å². The number of carbonyl (C=O) groups excluding carboxylic acids is 2. The molecule has 0 spiro atoms. The second-order valence-corrected chi connectivity index (χ2v) is 13.4. The Morgan fingerprint density at radius 3 is 1.36 bits per heavy atom. The molecule has 1 atom stereocenters. The normalized spacial score (nSPS) is 13.4. The molecule has 0 aliphatic rings.